The molecule has 4 heterocycles. The van der Waals surface area contributed by atoms with Gasteiger partial charge in [-0.2, -0.15) is 0 Å². The van der Waals surface area contributed by atoms with Crippen LogP contribution in [-0.4, -0.2) is 44.0 Å². The number of hydrogen-bond donors (Lipinski definition) is 0. The van der Waals surface area contributed by atoms with Crippen molar-refractivity contribution in [3.8, 4) is 11.3 Å². The maximum atomic E-state index is 12.6. The summed E-state index contributed by atoms with van der Waals surface area (Å²) in [7, 11) is 0. The first-order valence-corrected chi connectivity index (χ1v) is 9.48. The van der Waals surface area contributed by atoms with E-state index in [0.717, 1.165) is 53.5 Å². The molecule has 0 bridgehead atoms. The van der Waals surface area contributed by atoms with Crippen molar-refractivity contribution >= 4 is 5.91 Å². The van der Waals surface area contributed by atoms with Gasteiger partial charge in [0.25, 0.3) is 5.91 Å². The van der Waals surface area contributed by atoms with E-state index in [0.29, 0.717) is 18.2 Å². The van der Waals surface area contributed by atoms with Crippen LogP contribution in [0.1, 0.15) is 39.8 Å². The van der Waals surface area contributed by atoms with Crippen molar-refractivity contribution in [1.29, 1.82) is 0 Å². The second-order valence-corrected chi connectivity index (χ2v) is 7.37. The summed E-state index contributed by atoms with van der Waals surface area (Å²) < 4.78 is 5.27. The zero-order chi connectivity index (χ0) is 19.7. The lowest BCUT2D eigenvalue weighted by molar-refractivity contribution is 0.0780. The quantitative estimate of drug-likeness (QED) is 0.694. The average Bonchev–Trinajstić information content (AvgIpc) is 3.28. The highest BCUT2D eigenvalue weighted by Crippen LogP contribution is 2.27. The molecule has 144 valence electrons. The van der Waals surface area contributed by atoms with Crippen LogP contribution in [0.3, 0.4) is 0 Å². The summed E-state index contributed by atoms with van der Waals surface area (Å²) in [6.07, 6.45) is 4.98. The molecule has 28 heavy (non-hydrogen) atoms. The van der Waals surface area contributed by atoms with Crippen molar-refractivity contribution in [2.75, 3.05) is 13.1 Å². The lowest BCUT2D eigenvalue weighted by Crippen LogP contribution is -2.29. The first kappa shape index (κ1) is 18.3. The Balaban J connectivity index is 1.44. The molecule has 1 saturated heterocycles. The number of pyridine rings is 1. The minimum Gasteiger partial charge on any atom is -0.361 e. The average molecular weight is 377 g/mol. The monoisotopic (exact) mass is 377 g/mol. The number of hydrogen-bond acceptors (Lipinski definition) is 6. The van der Waals surface area contributed by atoms with Crippen molar-refractivity contribution < 1.29 is 9.32 Å². The first-order valence-electron chi connectivity index (χ1n) is 9.48. The van der Waals surface area contributed by atoms with Gasteiger partial charge in [-0.05, 0) is 51.7 Å². The molecular formula is C21H23N5O2. The second-order valence-electron chi connectivity index (χ2n) is 7.37. The van der Waals surface area contributed by atoms with Gasteiger partial charge < -0.3 is 9.42 Å². The first-order chi connectivity index (χ1) is 13.5. The smallest absolute Gasteiger partial charge is 0.274 e. The molecule has 3 aromatic heterocycles. The number of aromatic nitrogens is 4. The Morgan fingerprint density at radius 1 is 1.21 bits per heavy atom. The maximum Gasteiger partial charge on any atom is 0.274 e. The molecule has 1 fully saturated rings. The fourth-order valence-corrected chi connectivity index (χ4v) is 3.73. The SMILES string of the molecule is Cc1cnc(C(=O)N2CC[C@@H](Cc3cccc(-c4c(C)noc4C)n3)C2)cn1. The van der Waals surface area contributed by atoms with E-state index in [1.165, 1.54) is 0 Å². The predicted molar refractivity (Wildman–Crippen MR) is 104 cm³/mol. The molecule has 0 aliphatic carbocycles. The van der Waals surface area contributed by atoms with Crippen molar-refractivity contribution in [2.45, 2.75) is 33.6 Å². The molecule has 1 aliphatic heterocycles. The van der Waals surface area contributed by atoms with E-state index in [1.54, 1.807) is 12.4 Å². The molecule has 0 radical (unpaired) electrons. The van der Waals surface area contributed by atoms with Gasteiger partial charge in [-0.1, -0.05) is 11.2 Å². The molecule has 3 aromatic rings. The van der Waals surface area contributed by atoms with Gasteiger partial charge >= 0.3 is 0 Å². The second kappa shape index (κ2) is 7.50. The number of carbonyl (C=O) groups is 1. The van der Waals surface area contributed by atoms with Gasteiger partial charge in [0, 0.05) is 25.0 Å². The van der Waals surface area contributed by atoms with Gasteiger partial charge in [0.05, 0.1) is 28.8 Å². The number of amides is 1. The number of aryl methyl sites for hydroxylation is 3. The minimum absolute atomic E-state index is 0.0487. The Kier molecular flexibility index (Phi) is 4.90. The number of rotatable bonds is 4. The zero-order valence-corrected chi connectivity index (χ0v) is 16.3. The van der Waals surface area contributed by atoms with Gasteiger partial charge in [0.2, 0.25) is 0 Å². The lowest BCUT2D eigenvalue weighted by atomic mass is 10.0. The molecule has 0 spiro atoms. The van der Waals surface area contributed by atoms with Crippen molar-refractivity contribution in [1.82, 2.24) is 25.0 Å². The highest BCUT2D eigenvalue weighted by Gasteiger charge is 2.28. The standard InChI is InChI=1S/C21H23N5O2/c1-13-10-23-19(11-22-13)21(27)26-8-7-16(12-26)9-17-5-4-6-18(24-17)20-14(2)25-28-15(20)3/h4-6,10-11,16H,7-9,12H2,1-3H3/t16-/m0/s1. The Morgan fingerprint density at radius 2 is 2.07 bits per heavy atom. The summed E-state index contributed by atoms with van der Waals surface area (Å²) >= 11 is 0. The van der Waals surface area contributed by atoms with E-state index in [4.69, 9.17) is 9.51 Å². The van der Waals surface area contributed by atoms with E-state index in [9.17, 15) is 4.79 Å². The molecule has 4 rings (SSSR count). The normalized spacial score (nSPS) is 16.5. The van der Waals surface area contributed by atoms with Crippen LogP contribution < -0.4 is 0 Å². The lowest BCUT2D eigenvalue weighted by Gasteiger charge is -2.16. The van der Waals surface area contributed by atoms with Crippen molar-refractivity contribution in [3.63, 3.8) is 0 Å². The van der Waals surface area contributed by atoms with E-state index < -0.39 is 0 Å². The Bertz CT molecular complexity index is 977. The summed E-state index contributed by atoms with van der Waals surface area (Å²) in [6.45, 7) is 7.14. The summed E-state index contributed by atoms with van der Waals surface area (Å²) in [4.78, 5) is 27.7. The number of likely N-dealkylation sites (tertiary alicyclic amines) is 1. The molecule has 1 aliphatic rings. The largest absolute Gasteiger partial charge is 0.361 e. The van der Waals surface area contributed by atoms with Crippen molar-refractivity contribution in [3.05, 3.63) is 59.1 Å². The maximum absolute atomic E-state index is 12.6. The summed E-state index contributed by atoms with van der Waals surface area (Å²) in [5, 5.41) is 4.02. The topological polar surface area (TPSA) is 85.0 Å². The third kappa shape index (κ3) is 3.65. The van der Waals surface area contributed by atoms with Gasteiger partial charge in [0.1, 0.15) is 11.5 Å². The highest BCUT2D eigenvalue weighted by atomic mass is 16.5. The fourth-order valence-electron chi connectivity index (χ4n) is 3.73. The van der Waals surface area contributed by atoms with Gasteiger partial charge in [0.15, 0.2) is 0 Å². The summed E-state index contributed by atoms with van der Waals surface area (Å²) in [6, 6.07) is 6.04. The Hall–Kier alpha value is -3.09. The van der Waals surface area contributed by atoms with E-state index in [1.807, 2.05) is 43.9 Å². The molecule has 0 saturated carbocycles. The van der Waals surface area contributed by atoms with Crippen LogP contribution >= 0.6 is 0 Å². The molecule has 1 atom stereocenters. The summed E-state index contributed by atoms with van der Waals surface area (Å²) in [5.41, 5.74) is 4.92. The van der Waals surface area contributed by atoms with E-state index in [2.05, 4.69) is 15.1 Å². The molecule has 7 heteroatoms. The van der Waals surface area contributed by atoms with Crippen LogP contribution in [0.5, 0.6) is 0 Å². The number of nitrogens with zero attached hydrogens (tertiary/aromatic N) is 5. The van der Waals surface area contributed by atoms with Crippen LogP contribution in [0.15, 0.2) is 35.1 Å². The van der Waals surface area contributed by atoms with Crippen molar-refractivity contribution in [2.24, 2.45) is 5.92 Å². The Morgan fingerprint density at radius 3 is 2.79 bits per heavy atom. The van der Waals surface area contributed by atoms with E-state index in [-0.39, 0.29) is 5.91 Å². The third-order valence-electron chi connectivity index (χ3n) is 5.17. The van der Waals surface area contributed by atoms with Gasteiger partial charge in [-0.15, -0.1) is 0 Å². The molecule has 0 N–H and O–H groups in total. The fraction of sp³-hybridized carbons (Fsp3) is 0.381. The minimum atomic E-state index is -0.0487. The van der Waals surface area contributed by atoms with Gasteiger partial charge in [-0.25, -0.2) is 4.98 Å². The molecule has 7 nitrogen and oxygen atoms in total. The number of carbonyl (C=O) groups excluding carboxylic acids is 1. The zero-order valence-electron chi connectivity index (χ0n) is 16.3. The van der Waals surface area contributed by atoms with E-state index >= 15 is 0 Å². The van der Waals surface area contributed by atoms with Crippen LogP contribution in [-0.2, 0) is 6.42 Å². The molecular weight excluding hydrogens is 354 g/mol. The predicted octanol–water partition coefficient (Wildman–Crippen LogP) is 3.16. The highest BCUT2D eigenvalue weighted by molar-refractivity contribution is 5.92. The Labute approximate surface area is 163 Å². The van der Waals surface area contributed by atoms with Crippen LogP contribution in [0.25, 0.3) is 11.3 Å². The van der Waals surface area contributed by atoms with Crippen LogP contribution in [0.4, 0.5) is 0 Å². The molecule has 1 amide bonds. The summed E-state index contributed by atoms with van der Waals surface area (Å²) in [5.74, 6) is 1.11. The third-order valence-corrected chi connectivity index (χ3v) is 5.17. The molecule has 0 unspecified atom stereocenters. The molecule has 0 aromatic carbocycles. The van der Waals surface area contributed by atoms with Crippen LogP contribution in [0.2, 0.25) is 0 Å². The van der Waals surface area contributed by atoms with Crippen LogP contribution in [0, 0.1) is 26.7 Å². The van der Waals surface area contributed by atoms with Gasteiger partial charge in [-0.3, -0.25) is 14.8 Å².